The Labute approximate surface area is 193 Å². The van der Waals surface area contributed by atoms with Crippen molar-refractivity contribution in [3.05, 3.63) is 62.1 Å². The normalized spacial score (nSPS) is 17.5. The van der Waals surface area contributed by atoms with E-state index in [-0.39, 0.29) is 35.1 Å². The van der Waals surface area contributed by atoms with Crippen LogP contribution >= 0.6 is 0 Å². The summed E-state index contributed by atoms with van der Waals surface area (Å²) in [4.78, 5) is 16.1. The Bertz CT molecular complexity index is 369. The van der Waals surface area contributed by atoms with E-state index in [0.29, 0.717) is 15.0 Å². The topological polar surface area (TPSA) is 20.3 Å². The molecule has 0 aromatic heterocycles. The van der Waals surface area contributed by atoms with Crippen LogP contribution in [0.3, 0.4) is 0 Å². The molecule has 2 nitrogen and oxygen atoms in total. The van der Waals surface area contributed by atoms with Gasteiger partial charge in [-0.2, -0.15) is 0 Å². The third-order valence-corrected chi connectivity index (χ3v) is 6.85. The Kier molecular flexibility index (Phi) is 17.5. The number of nitrogens with zero attached hydrogens (tertiary/aromatic N) is 1. The van der Waals surface area contributed by atoms with E-state index in [2.05, 4.69) is 41.0 Å². The molecule has 10 radical (unpaired) electrons. The molecule has 0 saturated heterocycles. The Hall–Kier alpha value is 0.509. The number of hydrogen-bond donors (Lipinski definition) is 0. The third-order valence-electron chi connectivity index (χ3n) is 4.41. The molecule has 156 valence electrons. The van der Waals surface area contributed by atoms with Crippen LogP contribution < -0.4 is 0 Å². The predicted octanol–water partition coefficient (Wildman–Crippen LogP) is 5.48. The largest absolute Gasteiger partial charge is 2.00 e. The Morgan fingerprint density at radius 1 is 0.857 bits per heavy atom. The molecule has 28 heavy (non-hydrogen) atoms. The summed E-state index contributed by atoms with van der Waals surface area (Å²) in [6.07, 6.45) is 22.8. The van der Waals surface area contributed by atoms with E-state index in [0.717, 1.165) is 5.92 Å². The molecule has 0 N–H and O–H groups in total. The summed E-state index contributed by atoms with van der Waals surface area (Å²) in [6.45, 7) is 10.6. The molecule has 0 spiro atoms. The van der Waals surface area contributed by atoms with Gasteiger partial charge in [0.2, 0.25) is 0 Å². The van der Waals surface area contributed by atoms with E-state index in [1.165, 1.54) is 42.2 Å². The van der Waals surface area contributed by atoms with Crippen LogP contribution in [0.5, 0.6) is 0 Å². The molecular formula is C24H37FeNOSe+2. The van der Waals surface area contributed by atoms with Gasteiger partial charge in [0.1, 0.15) is 0 Å². The van der Waals surface area contributed by atoms with E-state index in [9.17, 15) is 4.79 Å². The van der Waals surface area contributed by atoms with Crippen LogP contribution in [0.1, 0.15) is 66.7 Å². The maximum absolute atomic E-state index is 12.8. The number of carbonyl (C=O) groups is 1. The van der Waals surface area contributed by atoms with Crippen LogP contribution in [0.2, 0.25) is 5.32 Å². The average molecular weight is 490 g/mol. The van der Waals surface area contributed by atoms with Crippen molar-refractivity contribution >= 4 is 20.9 Å². The number of amides is 1. The van der Waals surface area contributed by atoms with Crippen molar-refractivity contribution in [1.82, 2.24) is 4.90 Å². The quantitative estimate of drug-likeness (QED) is 0.294. The van der Waals surface area contributed by atoms with Crippen LogP contribution in [0.15, 0.2) is 0 Å². The fraction of sp³-hybridized carbons (Fsp3) is 0.542. The molecule has 2 aliphatic carbocycles. The van der Waals surface area contributed by atoms with Gasteiger partial charge in [0.25, 0.3) is 0 Å². The van der Waals surface area contributed by atoms with Crippen molar-refractivity contribution in [2.75, 3.05) is 0 Å². The first-order chi connectivity index (χ1) is 13.0. The summed E-state index contributed by atoms with van der Waals surface area (Å²) < 4.78 is 0. The van der Waals surface area contributed by atoms with E-state index in [4.69, 9.17) is 0 Å². The van der Waals surface area contributed by atoms with Gasteiger partial charge in [-0.1, -0.05) is 0 Å². The number of unbranched alkanes of at least 4 members (excludes halogenated alkanes) is 4. The average Bonchev–Trinajstić information content (AvgIpc) is 3.31. The molecular weight excluding hydrogens is 453 g/mol. The third kappa shape index (κ3) is 11.1. The second-order valence-corrected chi connectivity index (χ2v) is 9.81. The minimum absolute atomic E-state index is 0. The van der Waals surface area contributed by atoms with Gasteiger partial charge in [0.05, 0.1) is 0 Å². The van der Waals surface area contributed by atoms with Gasteiger partial charge < -0.3 is 0 Å². The Morgan fingerprint density at radius 2 is 1.39 bits per heavy atom. The molecule has 0 aliphatic heterocycles. The molecule has 0 atom stereocenters. The minimum atomic E-state index is 0. The molecule has 4 heteroatoms. The van der Waals surface area contributed by atoms with Crippen LogP contribution in [0, 0.1) is 62.1 Å². The summed E-state index contributed by atoms with van der Waals surface area (Å²) in [5.41, 5.74) is 0. The molecule has 0 unspecified atom stereocenters. The fourth-order valence-electron chi connectivity index (χ4n) is 3.12. The molecule has 2 rings (SSSR count). The predicted molar refractivity (Wildman–Crippen MR) is 117 cm³/mol. The summed E-state index contributed by atoms with van der Waals surface area (Å²) in [6, 6.07) is 0.494. The molecule has 2 fully saturated rings. The van der Waals surface area contributed by atoms with E-state index in [1.54, 1.807) is 0 Å². The maximum Gasteiger partial charge on any atom is 2.00 e. The maximum atomic E-state index is 12.8. The molecule has 0 heterocycles. The zero-order valence-electron chi connectivity index (χ0n) is 18.1. The van der Waals surface area contributed by atoms with Gasteiger partial charge >= 0.3 is 162 Å². The smallest absolute Gasteiger partial charge is 0.0312 e. The molecule has 2 aliphatic rings. The fourth-order valence-corrected chi connectivity index (χ4v) is 5.33. The van der Waals surface area contributed by atoms with Crippen LogP contribution in [-0.2, 0) is 21.9 Å². The van der Waals surface area contributed by atoms with Crippen molar-refractivity contribution < 1.29 is 21.9 Å². The van der Waals surface area contributed by atoms with Gasteiger partial charge in [-0.3, -0.25) is 0 Å². The standard InChI is InChI=1S/C19H32NOSe.C5H5.Fe/c1-6-7-8-9-10-14-22-18-13-11-12-17(18)19(21)20(15(2)3)16(4)5;1-2-4-5-3-1;/h11-13,15-16H,6-10,14H2,1-5H3;1-5H;/q;;+2. The zero-order valence-corrected chi connectivity index (χ0v) is 21.0. The second-order valence-electron chi connectivity index (χ2n) is 7.43. The van der Waals surface area contributed by atoms with Gasteiger partial charge in [0.15, 0.2) is 0 Å². The number of carbonyl (C=O) groups excluding carboxylic acids is 1. The van der Waals surface area contributed by atoms with Crippen molar-refractivity contribution in [1.29, 1.82) is 0 Å². The van der Waals surface area contributed by atoms with Crippen molar-refractivity contribution in [3.8, 4) is 0 Å². The second kappa shape index (κ2) is 17.2. The number of hydrogen-bond acceptors (Lipinski definition) is 1. The van der Waals surface area contributed by atoms with Crippen molar-refractivity contribution in [2.45, 2.75) is 84.1 Å². The van der Waals surface area contributed by atoms with Crippen LogP contribution in [0.25, 0.3) is 0 Å². The summed E-state index contributed by atoms with van der Waals surface area (Å²) >= 11 is 0.431. The van der Waals surface area contributed by atoms with Crippen LogP contribution in [0.4, 0.5) is 0 Å². The van der Waals surface area contributed by atoms with Crippen LogP contribution in [-0.4, -0.2) is 37.8 Å². The summed E-state index contributed by atoms with van der Waals surface area (Å²) in [5.74, 6) is 1.15. The first-order valence-corrected chi connectivity index (χ1v) is 12.4. The van der Waals surface area contributed by atoms with Gasteiger partial charge in [-0.05, 0) is 32.1 Å². The van der Waals surface area contributed by atoms with Gasteiger partial charge in [0, 0.05) is 0 Å². The van der Waals surface area contributed by atoms with Crippen molar-refractivity contribution in [3.63, 3.8) is 0 Å². The molecule has 0 bridgehead atoms. The first-order valence-electron chi connectivity index (χ1n) is 10.4. The van der Waals surface area contributed by atoms with E-state index < -0.39 is 0 Å². The number of rotatable bonds is 10. The van der Waals surface area contributed by atoms with Gasteiger partial charge in [-0.15, -0.1) is 0 Å². The Balaban J connectivity index is 0.00000105. The molecule has 1 amide bonds. The summed E-state index contributed by atoms with van der Waals surface area (Å²) in [7, 11) is 0. The molecule has 0 aromatic carbocycles. The van der Waals surface area contributed by atoms with Crippen molar-refractivity contribution in [2.24, 2.45) is 0 Å². The van der Waals surface area contributed by atoms with Gasteiger partial charge in [-0.25, -0.2) is 0 Å². The monoisotopic (exact) mass is 491 g/mol. The van der Waals surface area contributed by atoms with E-state index >= 15 is 0 Å². The summed E-state index contributed by atoms with van der Waals surface area (Å²) in [5, 5.41) is 1.25. The Morgan fingerprint density at radius 3 is 1.89 bits per heavy atom. The minimum Gasteiger partial charge on any atom is -0.0312 e. The first kappa shape index (κ1) is 28.5. The SMILES string of the molecule is CCCCCCC[Se][C]1[CH][CH][CH][C]1C(=O)N(C(C)C)C(C)C.[CH]1[CH][CH][CH][CH]1.[Fe+2]. The molecule has 0 aromatic rings. The van der Waals surface area contributed by atoms with E-state index in [1.807, 2.05) is 49.8 Å². The zero-order chi connectivity index (χ0) is 20.1. The molecule has 2 saturated carbocycles.